The minimum absolute atomic E-state index is 0.187. The van der Waals surface area contributed by atoms with Gasteiger partial charge in [-0.3, -0.25) is 4.98 Å². The molecular formula is C13H15ClN2OS. The zero-order chi connectivity index (χ0) is 13.1. The van der Waals surface area contributed by atoms with E-state index in [-0.39, 0.29) is 6.04 Å². The number of halogens is 1. The van der Waals surface area contributed by atoms with Crippen molar-refractivity contribution < 1.29 is 4.74 Å². The first-order valence-electron chi connectivity index (χ1n) is 5.61. The molecule has 0 fully saturated rings. The van der Waals surface area contributed by atoms with Crippen LogP contribution < -0.4 is 10.1 Å². The smallest absolute Gasteiger partial charge is 0.143 e. The Morgan fingerprint density at radius 3 is 2.83 bits per heavy atom. The molecule has 18 heavy (non-hydrogen) atoms. The maximum absolute atomic E-state index is 6.08. The van der Waals surface area contributed by atoms with E-state index >= 15 is 0 Å². The van der Waals surface area contributed by atoms with E-state index in [1.807, 2.05) is 30.8 Å². The first-order valence-corrected chi connectivity index (χ1v) is 6.86. The second-order valence-corrected chi connectivity index (χ2v) is 5.40. The number of rotatable bonds is 4. The van der Waals surface area contributed by atoms with Crippen molar-refractivity contribution in [2.24, 2.45) is 0 Å². The van der Waals surface area contributed by atoms with Gasteiger partial charge < -0.3 is 10.1 Å². The first-order chi connectivity index (χ1) is 8.61. The summed E-state index contributed by atoms with van der Waals surface area (Å²) in [6.45, 7) is 4.07. The molecule has 2 aromatic rings. The average molecular weight is 283 g/mol. The number of anilines is 1. The van der Waals surface area contributed by atoms with E-state index in [1.165, 1.54) is 4.88 Å². The highest BCUT2D eigenvalue weighted by Gasteiger charge is 2.12. The van der Waals surface area contributed by atoms with E-state index in [0.717, 1.165) is 17.0 Å². The summed E-state index contributed by atoms with van der Waals surface area (Å²) in [4.78, 5) is 5.27. The van der Waals surface area contributed by atoms with E-state index in [2.05, 4.69) is 17.2 Å². The van der Waals surface area contributed by atoms with Gasteiger partial charge in [0.25, 0.3) is 0 Å². The van der Waals surface area contributed by atoms with Crippen molar-refractivity contribution in [3.05, 3.63) is 39.3 Å². The van der Waals surface area contributed by atoms with Gasteiger partial charge in [0, 0.05) is 22.2 Å². The van der Waals surface area contributed by atoms with Crippen LogP contribution in [0.1, 0.15) is 23.4 Å². The third-order valence-corrected chi connectivity index (χ3v) is 4.10. The van der Waals surface area contributed by atoms with Gasteiger partial charge in [0.2, 0.25) is 0 Å². The van der Waals surface area contributed by atoms with Crippen molar-refractivity contribution in [2.45, 2.75) is 19.9 Å². The quantitative estimate of drug-likeness (QED) is 0.908. The number of nitrogens with zero attached hydrogens (tertiary/aromatic N) is 1. The number of thiazole rings is 1. The van der Waals surface area contributed by atoms with Crippen molar-refractivity contribution >= 4 is 28.6 Å². The number of aryl methyl sites for hydroxylation is 1. The Kier molecular flexibility index (Phi) is 4.09. The number of aromatic nitrogens is 1. The monoisotopic (exact) mass is 282 g/mol. The molecule has 0 amide bonds. The van der Waals surface area contributed by atoms with Gasteiger partial charge in [-0.05, 0) is 25.5 Å². The van der Waals surface area contributed by atoms with Gasteiger partial charge in [0.05, 0.1) is 24.3 Å². The molecule has 0 aliphatic rings. The Hall–Kier alpha value is -1.26. The van der Waals surface area contributed by atoms with E-state index in [9.17, 15) is 0 Å². The number of benzene rings is 1. The molecule has 1 aromatic heterocycles. The van der Waals surface area contributed by atoms with Gasteiger partial charge in [-0.1, -0.05) is 11.6 Å². The highest BCUT2D eigenvalue weighted by atomic mass is 35.5. The zero-order valence-electron chi connectivity index (χ0n) is 10.5. The lowest BCUT2D eigenvalue weighted by Gasteiger charge is -2.17. The van der Waals surface area contributed by atoms with Crippen LogP contribution >= 0.6 is 22.9 Å². The molecule has 96 valence electrons. The lowest BCUT2D eigenvalue weighted by molar-refractivity contribution is 0.416. The molecule has 0 saturated carbocycles. The molecule has 0 aliphatic heterocycles. The summed E-state index contributed by atoms with van der Waals surface area (Å²) < 4.78 is 5.34. The topological polar surface area (TPSA) is 34.1 Å². The van der Waals surface area contributed by atoms with Crippen LogP contribution in [0.2, 0.25) is 5.02 Å². The molecule has 0 radical (unpaired) electrons. The third-order valence-electron chi connectivity index (χ3n) is 2.73. The fourth-order valence-corrected chi connectivity index (χ4v) is 2.47. The van der Waals surface area contributed by atoms with Gasteiger partial charge in [0.15, 0.2) is 0 Å². The average Bonchev–Trinajstić information content (AvgIpc) is 2.87. The van der Waals surface area contributed by atoms with Crippen LogP contribution in [0.15, 0.2) is 23.8 Å². The molecule has 5 heteroatoms. The number of methoxy groups -OCH3 is 1. The summed E-state index contributed by atoms with van der Waals surface area (Å²) in [5, 5.41) is 4.13. The molecule has 0 bridgehead atoms. The number of nitrogens with one attached hydrogen (secondary N) is 1. The predicted octanol–water partition coefficient (Wildman–Crippen LogP) is 4.29. The van der Waals surface area contributed by atoms with Crippen LogP contribution in [0, 0.1) is 6.92 Å². The van der Waals surface area contributed by atoms with Gasteiger partial charge in [0.1, 0.15) is 5.75 Å². The summed E-state index contributed by atoms with van der Waals surface area (Å²) >= 11 is 7.72. The van der Waals surface area contributed by atoms with Crippen molar-refractivity contribution in [2.75, 3.05) is 12.4 Å². The Morgan fingerprint density at radius 1 is 1.44 bits per heavy atom. The number of hydrogen-bond donors (Lipinski definition) is 1. The van der Waals surface area contributed by atoms with Crippen LogP contribution in [0.25, 0.3) is 0 Å². The molecule has 1 aromatic carbocycles. The molecule has 0 spiro atoms. The van der Waals surface area contributed by atoms with Crippen LogP contribution in [0.4, 0.5) is 5.69 Å². The van der Waals surface area contributed by atoms with Gasteiger partial charge >= 0.3 is 0 Å². The van der Waals surface area contributed by atoms with E-state index in [4.69, 9.17) is 16.3 Å². The lowest BCUT2D eigenvalue weighted by atomic mass is 10.2. The molecule has 1 heterocycles. The minimum atomic E-state index is 0.187. The largest absolute Gasteiger partial charge is 0.495 e. The normalized spacial score (nSPS) is 12.2. The first kappa shape index (κ1) is 13.2. The SMILES string of the molecule is COc1cc(Cl)c(C)cc1NC(C)c1cncs1. The minimum Gasteiger partial charge on any atom is -0.495 e. The van der Waals surface area contributed by atoms with Gasteiger partial charge in [-0.2, -0.15) is 0 Å². The van der Waals surface area contributed by atoms with Gasteiger partial charge in [-0.25, -0.2) is 0 Å². The van der Waals surface area contributed by atoms with Crippen LogP contribution in [0.5, 0.6) is 5.75 Å². The predicted molar refractivity (Wildman–Crippen MR) is 76.9 cm³/mol. The maximum Gasteiger partial charge on any atom is 0.143 e. The maximum atomic E-state index is 6.08. The highest BCUT2D eigenvalue weighted by molar-refractivity contribution is 7.09. The molecule has 0 aliphatic carbocycles. The molecular weight excluding hydrogens is 268 g/mol. The summed E-state index contributed by atoms with van der Waals surface area (Å²) in [6, 6.07) is 4.02. The molecule has 1 N–H and O–H groups in total. The summed E-state index contributed by atoms with van der Waals surface area (Å²) in [7, 11) is 1.64. The Balaban J connectivity index is 2.25. The van der Waals surface area contributed by atoms with E-state index < -0.39 is 0 Å². The molecule has 1 unspecified atom stereocenters. The Labute approximate surface area is 116 Å². The van der Waals surface area contributed by atoms with Crippen LogP contribution in [0.3, 0.4) is 0 Å². The molecule has 1 atom stereocenters. The molecule has 3 nitrogen and oxygen atoms in total. The van der Waals surface area contributed by atoms with Crippen molar-refractivity contribution in [3.8, 4) is 5.75 Å². The summed E-state index contributed by atoms with van der Waals surface area (Å²) in [5.41, 5.74) is 3.80. The fourth-order valence-electron chi connectivity index (χ4n) is 1.69. The number of ether oxygens (including phenoxy) is 1. The second kappa shape index (κ2) is 5.59. The van der Waals surface area contributed by atoms with E-state index in [1.54, 1.807) is 18.4 Å². The van der Waals surface area contributed by atoms with Crippen LogP contribution in [-0.2, 0) is 0 Å². The Bertz CT molecular complexity index is 528. The Morgan fingerprint density at radius 2 is 2.22 bits per heavy atom. The van der Waals surface area contributed by atoms with Crippen molar-refractivity contribution in [3.63, 3.8) is 0 Å². The highest BCUT2D eigenvalue weighted by Crippen LogP contribution is 2.33. The lowest BCUT2D eigenvalue weighted by Crippen LogP contribution is -2.06. The van der Waals surface area contributed by atoms with E-state index in [0.29, 0.717) is 5.02 Å². The third kappa shape index (κ3) is 2.76. The van der Waals surface area contributed by atoms with Crippen molar-refractivity contribution in [1.82, 2.24) is 4.98 Å². The zero-order valence-corrected chi connectivity index (χ0v) is 12.1. The summed E-state index contributed by atoms with van der Waals surface area (Å²) in [5.74, 6) is 0.752. The van der Waals surface area contributed by atoms with Crippen LogP contribution in [-0.4, -0.2) is 12.1 Å². The molecule has 2 rings (SSSR count). The molecule has 0 saturated heterocycles. The standard InChI is InChI=1S/C13H15ClN2OS/c1-8-4-11(12(17-3)5-10(8)14)16-9(2)13-6-15-7-18-13/h4-7,9,16H,1-3H3. The van der Waals surface area contributed by atoms with Gasteiger partial charge in [-0.15, -0.1) is 11.3 Å². The fraction of sp³-hybridized carbons (Fsp3) is 0.308. The van der Waals surface area contributed by atoms with Crippen molar-refractivity contribution in [1.29, 1.82) is 0 Å². The second-order valence-electron chi connectivity index (χ2n) is 4.07. The summed E-state index contributed by atoms with van der Waals surface area (Å²) in [6.07, 6.45) is 1.87. The number of hydrogen-bond acceptors (Lipinski definition) is 4.